The fraction of sp³-hybridized carbons (Fsp3) is 0.522. The number of nitrogens with two attached hydrogens (primary N) is 1. The van der Waals surface area contributed by atoms with E-state index in [0.29, 0.717) is 23.3 Å². The van der Waals surface area contributed by atoms with Gasteiger partial charge in [0.1, 0.15) is 12.0 Å². The number of nitrogens with zero attached hydrogens (tertiary/aromatic N) is 3. The fourth-order valence-electron chi connectivity index (χ4n) is 4.54. The molecule has 4 N–H and O–H groups in total. The first-order valence-corrected chi connectivity index (χ1v) is 10.8. The average molecular weight is 428 g/mol. The maximum absolute atomic E-state index is 14.3. The first-order valence-electron chi connectivity index (χ1n) is 10.8. The van der Waals surface area contributed by atoms with Crippen LogP contribution in [0, 0.1) is 17.7 Å². The number of aliphatic hydroxyl groups is 1. The topological polar surface area (TPSA) is 110 Å². The second kappa shape index (κ2) is 8.51. The maximum atomic E-state index is 14.3. The molecule has 8 heteroatoms. The van der Waals surface area contributed by atoms with Gasteiger partial charge < -0.3 is 15.6 Å². The third-order valence-corrected chi connectivity index (χ3v) is 6.40. The number of aliphatic hydroxyl groups excluding tert-OH is 1. The Morgan fingerprint density at radius 3 is 2.68 bits per heavy atom. The van der Waals surface area contributed by atoms with E-state index < -0.39 is 11.9 Å². The smallest absolute Gasteiger partial charge is 0.167 e. The molecule has 0 aliphatic heterocycles. The van der Waals surface area contributed by atoms with Gasteiger partial charge in [0.25, 0.3) is 0 Å². The molecule has 4 rings (SSSR count). The van der Waals surface area contributed by atoms with Crippen LogP contribution in [0.3, 0.4) is 0 Å². The Kier molecular flexibility index (Phi) is 5.94. The molecule has 3 aromatic rings. The van der Waals surface area contributed by atoms with Gasteiger partial charge in [-0.15, -0.1) is 0 Å². The summed E-state index contributed by atoms with van der Waals surface area (Å²) in [5, 5.41) is 18.3. The van der Waals surface area contributed by atoms with Crippen molar-refractivity contribution in [3.8, 4) is 17.1 Å². The van der Waals surface area contributed by atoms with Crippen LogP contribution in [-0.2, 0) is 0 Å². The lowest BCUT2D eigenvalue weighted by atomic mass is 9.72. The predicted octanol–water partition coefficient (Wildman–Crippen LogP) is 3.78. The predicted molar refractivity (Wildman–Crippen MR) is 117 cm³/mol. The number of nitrogens with one attached hydrogen (secondary N) is 1. The fourth-order valence-corrected chi connectivity index (χ4v) is 4.54. The molecule has 1 aromatic carbocycles. The van der Waals surface area contributed by atoms with Crippen LogP contribution < -0.4 is 10.5 Å². The normalized spacial score (nSPS) is 25.2. The van der Waals surface area contributed by atoms with Crippen molar-refractivity contribution in [3.05, 3.63) is 36.0 Å². The summed E-state index contributed by atoms with van der Waals surface area (Å²) >= 11 is 0. The molecule has 0 spiro atoms. The van der Waals surface area contributed by atoms with Gasteiger partial charge in [-0.05, 0) is 50.7 Å². The van der Waals surface area contributed by atoms with Crippen molar-refractivity contribution in [2.75, 3.05) is 0 Å². The van der Waals surface area contributed by atoms with Crippen molar-refractivity contribution in [2.45, 2.75) is 64.7 Å². The highest BCUT2D eigenvalue weighted by atomic mass is 19.1. The van der Waals surface area contributed by atoms with Crippen LogP contribution in [0.15, 0.2) is 24.5 Å². The zero-order chi connectivity index (χ0) is 22.3. The lowest BCUT2D eigenvalue weighted by Crippen LogP contribution is -2.46. The lowest BCUT2D eigenvalue weighted by Gasteiger charge is -2.38. The van der Waals surface area contributed by atoms with Crippen LogP contribution in [-0.4, -0.2) is 43.5 Å². The number of rotatable bonds is 5. The van der Waals surface area contributed by atoms with E-state index in [4.69, 9.17) is 10.5 Å². The zero-order valence-corrected chi connectivity index (χ0v) is 18.3. The van der Waals surface area contributed by atoms with Gasteiger partial charge in [-0.2, -0.15) is 5.10 Å². The molecule has 2 aromatic heterocycles. The third-order valence-electron chi connectivity index (χ3n) is 6.40. The summed E-state index contributed by atoms with van der Waals surface area (Å²) in [6.07, 6.45) is 2.49. The average Bonchev–Trinajstić information content (AvgIpc) is 3.13. The molecule has 5 unspecified atom stereocenters. The summed E-state index contributed by atoms with van der Waals surface area (Å²) in [6, 6.07) is 4.80. The van der Waals surface area contributed by atoms with Gasteiger partial charge in [0.2, 0.25) is 0 Å². The Bertz CT molecular complexity index is 1060. The van der Waals surface area contributed by atoms with E-state index in [0.717, 1.165) is 17.5 Å². The highest BCUT2D eigenvalue weighted by molar-refractivity contribution is 5.93. The Morgan fingerprint density at radius 1 is 1.19 bits per heavy atom. The summed E-state index contributed by atoms with van der Waals surface area (Å²) in [6.45, 7) is 7.92. The van der Waals surface area contributed by atoms with Crippen LogP contribution in [0.2, 0.25) is 0 Å². The minimum absolute atomic E-state index is 0.133. The third kappa shape index (κ3) is 4.27. The largest absolute Gasteiger partial charge is 0.488 e. The van der Waals surface area contributed by atoms with Gasteiger partial charge in [-0.25, -0.2) is 14.4 Å². The first-order chi connectivity index (χ1) is 14.7. The molecule has 2 heterocycles. The first kappa shape index (κ1) is 21.6. The molecule has 1 aliphatic carbocycles. The van der Waals surface area contributed by atoms with E-state index in [1.54, 1.807) is 6.07 Å². The number of fused-ring (bicyclic) bond motifs is 1. The van der Waals surface area contributed by atoms with Gasteiger partial charge in [0.15, 0.2) is 11.6 Å². The summed E-state index contributed by atoms with van der Waals surface area (Å²) in [4.78, 5) is 8.91. The quantitative estimate of drug-likeness (QED) is 0.572. The van der Waals surface area contributed by atoms with Crippen molar-refractivity contribution in [2.24, 2.45) is 17.6 Å². The van der Waals surface area contributed by atoms with Crippen molar-refractivity contribution in [1.29, 1.82) is 0 Å². The van der Waals surface area contributed by atoms with Crippen molar-refractivity contribution < 1.29 is 14.2 Å². The number of ether oxygens (including phenoxy) is 1. The highest BCUT2D eigenvalue weighted by Gasteiger charge is 2.35. The Balaban J connectivity index is 1.66. The van der Waals surface area contributed by atoms with E-state index in [1.165, 1.54) is 12.4 Å². The molecular formula is C23H30FN5O2. The minimum Gasteiger partial charge on any atom is -0.488 e. The van der Waals surface area contributed by atoms with Gasteiger partial charge in [-0.3, -0.25) is 5.10 Å². The number of H-pyrrole nitrogens is 1. The molecule has 0 radical (unpaired) electrons. The van der Waals surface area contributed by atoms with Crippen LogP contribution >= 0.6 is 0 Å². The molecule has 1 fully saturated rings. The summed E-state index contributed by atoms with van der Waals surface area (Å²) < 4.78 is 19.9. The number of halogens is 1. The monoisotopic (exact) mass is 427 g/mol. The second-order valence-electron chi connectivity index (χ2n) is 9.04. The van der Waals surface area contributed by atoms with Crippen molar-refractivity contribution >= 4 is 10.9 Å². The number of aromatic nitrogens is 4. The van der Waals surface area contributed by atoms with Gasteiger partial charge in [-0.1, -0.05) is 13.8 Å². The molecule has 5 atom stereocenters. The van der Waals surface area contributed by atoms with Crippen molar-refractivity contribution in [3.63, 3.8) is 0 Å². The molecule has 166 valence electrons. The summed E-state index contributed by atoms with van der Waals surface area (Å²) in [7, 11) is 0. The van der Waals surface area contributed by atoms with Gasteiger partial charge in [0.05, 0.1) is 23.4 Å². The van der Waals surface area contributed by atoms with Gasteiger partial charge in [0, 0.05) is 29.1 Å². The zero-order valence-electron chi connectivity index (χ0n) is 18.3. The Hall–Kier alpha value is -2.58. The molecule has 7 nitrogen and oxygen atoms in total. The Labute approximate surface area is 181 Å². The number of hydrogen-bond donors (Lipinski definition) is 3. The molecular weight excluding hydrogens is 397 g/mol. The van der Waals surface area contributed by atoms with E-state index >= 15 is 0 Å². The standard InChI is InChI=1S/C23H30FN5O2/c1-11(2)31-21-7-15-18(8-16(21)24)28-29-23(15)19-9-17(26-10-27-19)13(4)14-5-12(3)22(25)20(30)6-14/h7-14,20,22,30H,5-6,25H2,1-4H3,(H,28,29). The number of aromatic amines is 1. The Morgan fingerprint density at radius 2 is 1.97 bits per heavy atom. The molecule has 0 saturated heterocycles. The molecule has 0 amide bonds. The SMILES string of the molecule is CC(C)Oc1cc2c(-c3cc(C(C)C4CC(C)C(N)C(O)C4)ncn3)n[nH]c2cc1F. The summed E-state index contributed by atoms with van der Waals surface area (Å²) in [5.74, 6) is 0.422. The number of hydrogen-bond acceptors (Lipinski definition) is 6. The van der Waals surface area contributed by atoms with Gasteiger partial charge >= 0.3 is 0 Å². The van der Waals surface area contributed by atoms with E-state index in [2.05, 4.69) is 34.0 Å². The summed E-state index contributed by atoms with van der Waals surface area (Å²) in [5.41, 5.74) is 8.84. The van der Waals surface area contributed by atoms with Crippen molar-refractivity contribution in [1.82, 2.24) is 20.2 Å². The van der Waals surface area contributed by atoms with Crippen LogP contribution in [0.5, 0.6) is 5.75 Å². The molecule has 31 heavy (non-hydrogen) atoms. The van der Waals surface area contributed by atoms with Crippen LogP contribution in [0.25, 0.3) is 22.3 Å². The lowest BCUT2D eigenvalue weighted by molar-refractivity contribution is 0.0457. The van der Waals surface area contributed by atoms with Crippen LogP contribution in [0.4, 0.5) is 4.39 Å². The maximum Gasteiger partial charge on any atom is 0.167 e. The van der Waals surface area contributed by atoms with Crippen LogP contribution in [0.1, 0.15) is 52.1 Å². The van der Waals surface area contributed by atoms with E-state index in [9.17, 15) is 9.50 Å². The highest BCUT2D eigenvalue weighted by Crippen LogP contribution is 2.38. The molecule has 0 bridgehead atoms. The van der Waals surface area contributed by atoms with E-state index in [1.807, 2.05) is 19.9 Å². The molecule has 1 aliphatic rings. The van der Waals surface area contributed by atoms with E-state index in [-0.39, 0.29) is 35.6 Å². The minimum atomic E-state index is -0.498. The molecule has 1 saturated carbocycles. The number of benzene rings is 1. The second-order valence-corrected chi connectivity index (χ2v) is 9.04.